The first-order valence-corrected chi connectivity index (χ1v) is 7.15. The molecule has 2 N–H and O–H groups in total. The summed E-state index contributed by atoms with van der Waals surface area (Å²) in [5.74, 6) is 0.593. The summed E-state index contributed by atoms with van der Waals surface area (Å²) >= 11 is 0. The van der Waals surface area contributed by atoms with Gasteiger partial charge in [-0.05, 0) is 25.1 Å². The van der Waals surface area contributed by atoms with Gasteiger partial charge in [0.2, 0.25) is 0 Å². The fourth-order valence-corrected chi connectivity index (χ4v) is 2.19. The number of carbonyl (C=O) groups excluding carboxylic acids is 1. The highest BCUT2D eigenvalue weighted by atomic mass is 16.5. The third-order valence-corrected chi connectivity index (χ3v) is 3.36. The zero-order chi connectivity index (χ0) is 15.4. The molecular weight excluding hydrogens is 278 g/mol. The van der Waals surface area contributed by atoms with Crippen molar-refractivity contribution in [2.45, 2.75) is 6.92 Å². The topological polar surface area (TPSA) is 67.0 Å². The molecule has 0 unspecified atom stereocenters. The number of ether oxygens (including phenoxy) is 1. The van der Waals surface area contributed by atoms with Crippen LogP contribution in [0.25, 0.3) is 10.9 Å². The first-order chi connectivity index (χ1) is 10.7. The highest BCUT2D eigenvalue weighted by Crippen LogP contribution is 2.14. The predicted molar refractivity (Wildman–Crippen MR) is 85.1 cm³/mol. The van der Waals surface area contributed by atoms with Crippen LogP contribution in [0.3, 0.4) is 0 Å². The molecule has 1 aromatic heterocycles. The Morgan fingerprint density at radius 2 is 1.95 bits per heavy atom. The minimum atomic E-state index is -0.204. The van der Waals surface area contributed by atoms with Crippen LogP contribution in [0.5, 0.6) is 5.75 Å². The maximum absolute atomic E-state index is 12.1. The molecule has 0 aliphatic rings. The van der Waals surface area contributed by atoms with Gasteiger partial charge in [-0.1, -0.05) is 35.9 Å². The van der Waals surface area contributed by atoms with Crippen LogP contribution < -0.4 is 10.1 Å². The number of carbonyl (C=O) groups is 1. The zero-order valence-corrected chi connectivity index (χ0v) is 12.3. The van der Waals surface area contributed by atoms with Crippen LogP contribution in [-0.2, 0) is 0 Å². The number of hydrogen-bond acceptors (Lipinski definition) is 3. The molecule has 0 saturated carbocycles. The van der Waals surface area contributed by atoms with Gasteiger partial charge in [0.1, 0.15) is 12.4 Å². The Hall–Kier alpha value is -2.82. The molecule has 1 amide bonds. The molecule has 0 fully saturated rings. The summed E-state index contributed by atoms with van der Waals surface area (Å²) in [5, 5.41) is 10.5. The molecule has 3 rings (SSSR count). The molecule has 0 aliphatic carbocycles. The normalized spacial score (nSPS) is 10.6. The highest BCUT2D eigenvalue weighted by molar-refractivity contribution is 6.04. The number of aryl methyl sites for hydroxylation is 1. The minimum absolute atomic E-state index is 0.204. The van der Waals surface area contributed by atoms with E-state index in [-0.39, 0.29) is 5.91 Å². The van der Waals surface area contributed by atoms with E-state index >= 15 is 0 Å². The number of rotatable bonds is 5. The number of aromatic nitrogens is 2. The summed E-state index contributed by atoms with van der Waals surface area (Å²) < 4.78 is 5.57. The third-order valence-electron chi connectivity index (χ3n) is 3.36. The van der Waals surface area contributed by atoms with Crippen molar-refractivity contribution in [3.63, 3.8) is 0 Å². The Morgan fingerprint density at radius 3 is 2.77 bits per heavy atom. The molecular formula is C17H17N3O2. The molecule has 0 radical (unpaired) electrons. The summed E-state index contributed by atoms with van der Waals surface area (Å²) in [6, 6.07) is 15.4. The van der Waals surface area contributed by atoms with Gasteiger partial charge in [0.15, 0.2) is 5.69 Å². The van der Waals surface area contributed by atoms with Gasteiger partial charge in [0, 0.05) is 5.39 Å². The van der Waals surface area contributed by atoms with Gasteiger partial charge in [-0.3, -0.25) is 9.89 Å². The van der Waals surface area contributed by atoms with Gasteiger partial charge in [0.05, 0.1) is 12.1 Å². The second kappa shape index (κ2) is 6.30. The standard InChI is InChI=1S/C17H17N3O2/c1-12-6-8-13(9-7-12)22-11-10-18-17(21)16-14-4-2-3-5-15(14)19-20-16/h2-9H,10-11H2,1H3,(H,18,21)(H,19,20). The number of benzene rings is 2. The Morgan fingerprint density at radius 1 is 1.18 bits per heavy atom. The average molecular weight is 295 g/mol. The van der Waals surface area contributed by atoms with E-state index in [1.165, 1.54) is 5.56 Å². The van der Waals surface area contributed by atoms with Gasteiger partial charge >= 0.3 is 0 Å². The quantitative estimate of drug-likeness (QED) is 0.711. The van der Waals surface area contributed by atoms with Crippen LogP contribution in [0, 0.1) is 6.92 Å². The smallest absolute Gasteiger partial charge is 0.272 e. The number of para-hydroxylation sites is 1. The van der Waals surface area contributed by atoms with Crippen molar-refractivity contribution in [1.29, 1.82) is 0 Å². The molecule has 0 spiro atoms. The molecule has 3 aromatic rings. The van der Waals surface area contributed by atoms with Crippen molar-refractivity contribution in [2.24, 2.45) is 0 Å². The van der Waals surface area contributed by atoms with Crippen LogP contribution in [0.1, 0.15) is 16.1 Å². The van der Waals surface area contributed by atoms with Gasteiger partial charge in [-0.15, -0.1) is 0 Å². The molecule has 5 nitrogen and oxygen atoms in total. The maximum Gasteiger partial charge on any atom is 0.272 e. The monoisotopic (exact) mass is 295 g/mol. The lowest BCUT2D eigenvalue weighted by molar-refractivity contribution is 0.0943. The second-order valence-electron chi connectivity index (χ2n) is 5.04. The highest BCUT2D eigenvalue weighted by Gasteiger charge is 2.12. The number of amides is 1. The predicted octanol–water partition coefficient (Wildman–Crippen LogP) is 2.68. The van der Waals surface area contributed by atoms with Crippen molar-refractivity contribution < 1.29 is 9.53 Å². The molecule has 112 valence electrons. The summed E-state index contributed by atoms with van der Waals surface area (Å²) in [5.41, 5.74) is 2.44. The van der Waals surface area contributed by atoms with E-state index in [1.54, 1.807) is 0 Å². The fraction of sp³-hybridized carbons (Fsp3) is 0.176. The maximum atomic E-state index is 12.1. The fourth-order valence-electron chi connectivity index (χ4n) is 2.19. The first kappa shape index (κ1) is 14.1. The van der Waals surface area contributed by atoms with Crippen LogP contribution in [0.15, 0.2) is 48.5 Å². The first-order valence-electron chi connectivity index (χ1n) is 7.15. The minimum Gasteiger partial charge on any atom is -0.492 e. The SMILES string of the molecule is Cc1ccc(OCCNC(=O)c2n[nH]c3ccccc23)cc1. The molecule has 0 saturated heterocycles. The number of nitrogens with zero attached hydrogens (tertiary/aromatic N) is 1. The van der Waals surface area contributed by atoms with Crippen LogP contribution in [0.2, 0.25) is 0 Å². The average Bonchev–Trinajstić information content (AvgIpc) is 2.97. The Labute approximate surface area is 128 Å². The molecule has 2 aromatic carbocycles. The van der Waals surface area contributed by atoms with Crippen LogP contribution in [0.4, 0.5) is 0 Å². The van der Waals surface area contributed by atoms with Gasteiger partial charge in [0.25, 0.3) is 5.91 Å². The van der Waals surface area contributed by atoms with Gasteiger partial charge in [-0.25, -0.2) is 0 Å². The van der Waals surface area contributed by atoms with E-state index in [9.17, 15) is 4.79 Å². The molecule has 22 heavy (non-hydrogen) atoms. The third kappa shape index (κ3) is 3.09. The number of hydrogen-bond donors (Lipinski definition) is 2. The number of aromatic amines is 1. The summed E-state index contributed by atoms with van der Waals surface area (Å²) in [6.45, 7) is 2.86. The van der Waals surface area contributed by atoms with E-state index in [0.717, 1.165) is 16.7 Å². The molecule has 5 heteroatoms. The van der Waals surface area contributed by atoms with E-state index < -0.39 is 0 Å². The van der Waals surface area contributed by atoms with Crippen molar-refractivity contribution in [2.75, 3.05) is 13.2 Å². The lowest BCUT2D eigenvalue weighted by Crippen LogP contribution is -2.28. The van der Waals surface area contributed by atoms with Crippen LogP contribution in [-0.4, -0.2) is 29.3 Å². The Balaban J connectivity index is 1.53. The van der Waals surface area contributed by atoms with Gasteiger partial charge in [-0.2, -0.15) is 5.10 Å². The van der Waals surface area contributed by atoms with Crippen molar-refractivity contribution >= 4 is 16.8 Å². The van der Waals surface area contributed by atoms with Crippen LogP contribution >= 0.6 is 0 Å². The van der Waals surface area contributed by atoms with Crippen molar-refractivity contribution in [3.05, 3.63) is 59.8 Å². The summed E-state index contributed by atoms with van der Waals surface area (Å²) in [7, 11) is 0. The summed E-state index contributed by atoms with van der Waals surface area (Å²) in [4.78, 5) is 12.1. The largest absolute Gasteiger partial charge is 0.492 e. The van der Waals surface area contributed by atoms with Crippen molar-refractivity contribution in [3.8, 4) is 5.75 Å². The number of nitrogens with one attached hydrogen (secondary N) is 2. The lowest BCUT2D eigenvalue weighted by Gasteiger charge is -2.07. The van der Waals surface area contributed by atoms with E-state index in [4.69, 9.17) is 4.74 Å². The molecule has 0 bridgehead atoms. The molecule has 1 heterocycles. The summed E-state index contributed by atoms with van der Waals surface area (Å²) in [6.07, 6.45) is 0. The van der Waals surface area contributed by atoms with E-state index in [1.807, 2.05) is 55.5 Å². The van der Waals surface area contributed by atoms with Crippen molar-refractivity contribution in [1.82, 2.24) is 15.5 Å². The molecule has 0 atom stereocenters. The zero-order valence-electron chi connectivity index (χ0n) is 12.3. The Kier molecular flexibility index (Phi) is 4.05. The lowest BCUT2D eigenvalue weighted by atomic mass is 10.2. The number of fused-ring (bicyclic) bond motifs is 1. The second-order valence-corrected chi connectivity index (χ2v) is 5.04. The van der Waals surface area contributed by atoms with E-state index in [0.29, 0.717) is 18.8 Å². The van der Waals surface area contributed by atoms with E-state index in [2.05, 4.69) is 15.5 Å². The number of H-pyrrole nitrogens is 1. The Bertz CT molecular complexity index is 778. The van der Waals surface area contributed by atoms with Gasteiger partial charge < -0.3 is 10.1 Å². The molecule has 0 aliphatic heterocycles.